The average Bonchev–Trinajstić information content (AvgIpc) is 3.47. The van der Waals surface area contributed by atoms with Crippen molar-refractivity contribution in [3.63, 3.8) is 0 Å². The van der Waals surface area contributed by atoms with Gasteiger partial charge in [0.25, 0.3) is 0 Å². The summed E-state index contributed by atoms with van der Waals surface area (Å²) in [6.07, 6.45) is 6.41. The molecule has 1 heterocycles. The third-order valence-corrected chi connectivity index (χ3v) is 5.95. The molecule has 1 aromatic carbocycles. The maximum Gasteiger partial charge on any atom is 0.225 e. The fourth-order valence-electron chi connectivity index (χ4n) is 4.19. The Balaban J connectivity index is 1.28. The molecule has 166 valence electrons. The smallest absolute Gasteiger partial charge is 0.225 e. The number of carbonyl (C=O) groups excluding carboxylic acids is 1. The van der Waals surface area contributed by atoms with E-state index in [9.17, 15) is 4.79 Å². The largest absolute Gasteiger partial charge is 0.497 e. The molecule has 2 fully saturated rings. The second kappa shape index (κ2) is 11.8. The van der Waals surface area contributed by atoms with Crippen LogP contribution in [0.5, 0.6) is 5.75 Å². The van der Waals surface area contributed by atoms with E-state index in [1.165, 1.54) is 12.8 Å². The predicted octanol–water partition coefficient (Wildman–Crippen LogP) is 2.56. The number of nitrogens with zero attached hydrogens (tertiary/aromatic N) is 2. The van der Waals surface area contributed by atoms with E-state index in [2.05, 4.69) is 15.6 Å². The average molecular weight is 417 g/mol. The second-order valence-electron chi connectivity index (χ2n) is 8.15. The lowest BCUT2D eigenvalue weighted by molar-refractivity contribution is -0.134. The van der Waals surface area contributed by atoms with Crippen molar-refractivity contribution in [3.8, 4) is 5.75 Å². The molecule has 1 unspecified atom stereocenters. The SMILES string of the molecule is CN=C(NCCCOCc1ccc(OC)cc1)NC1CCN(C(=O)C2CCCC2)C1. The Labute approximate surface area is 180 Å². The van der Waals surface area contributed by atoms with Gasteiger partial charge in [0.05, 0.1) is 13.7 Å². The van der Waals surface area contributed by atoms with Gasteiger partial charge in [0.2, 0.25) is 5.91 Å². The molecule has 1 atom stereocenters. The van der Waals surface area contributed by atoms with Crippen molar-refractivity contribution in [1.29, 1.82) is 0 Å². The van der Waals surface area contributed by atoms with Crippen molar-refractivity contribution in [2.45, 2.75) is 51.2 Å². The first-order chi connectivity index (χ1) is 14.7. The summed E-state index contributed by atoms with van der Waals surface area (Å²) in [6.45, 7) is 3.71. The van der Waals surface area contributed by atoms with E-state index in [-0.39, 0.29) is 12.0 Å². The summed E-state index contributed by atoms with van der Waals surface area (Å²) in [7, 11) is 3.45. The van der Waals surface area contributed by atoms with Crippen molar-refractivity contribution in [3.05, 3.63) is 29.8 Å². The molecule has 0 bridgehead atoms. The lowest BCUT2D eigenvalue weighted by Crippen LogP contribution is -2.45. The Kier molecular flexibility index (Phi) is 8.81. The standard InChI is InChI=1S/C23H36N4O3/c1-24-23(25-13-5-15-30-17-18-8-10-21(29-2)11-9-18)26-20-12-14-27(16-20)22(28)19-6-3-4-7-19/h8-11,19-20H,3-7,12-17H2,1-2H3,(H2,24,25,26). The van der Waals surface area contributed by atoms with Gasteiger partial charge in [-0.05, 0) is 43.4 Å². The summed E-state index contributed by atoms with van der Waals surface area (Å²) >= 11 is 0. The second-order valence-corrected chi connectivity index (χ2v) is 8.15. The number of rotatable bonds is 9. The maximum atomic E-state index is 12.6. The monoisotopic (exact) mass is 416 g/mol. The van der Waals surface area contributed by atoms with Crippen molar-refractivity contribution in [1.82, 2.24) is 15.5 Å². The molecule has 1 saturated heterocycles. The molecule has 2 aliphatic rings. The molecule has 1 saturated carbocycles. The van der Waals surface area contributed by atoms with Gasteiger partial charge in [-0.1, -0.05) is 25.0 Å². The molecule has 30 heavy (non-hydrogen) atoms. The van der Waals surface area contributed by atoms with Crippen LogP contribution in [0.3, 0.4) is 0 Å². The van der Waals surface area contributed by atoms with Crippen molar-refractivity contribution in [2.75, 3.05) is 40.4 Å². The highest BCUT2D eigenvalue weighted by Crippen LogP contribution is 2.27. The van der Waals surface area contributed by atoms with Gasteiger partial charge >= 0.3 is 0 Å². The minimum absolute atomic E-state index is 0.263. The van der Waals surface area contributed by atoms with Crippen LogP contribution in [0.4, 0.5) is 0 Å². The Hall–Kier alpha value is -2.28. The van der Waals surface area contributed by atoms with Crippen LogP contribution in [0.1, 0.15) is 44.1 Å². The van der Waals surface area contributed by atoms with Crippen LogP contribution in [0.15, 0.2) is 29.3 Å². The van der Waals surface area contributed by atoms with Gasteiger partial charge in [-0.3, -0.25) is 9.79 Å². The van der Waals surface area contributed by atoms with Crippen LogP contribution in [-0.4, -0.2) is 63.2 Å². The summed E-state index contributed by atoms with van der Waals surface area (Å²) in [6, 6.07) is 8.20. The molecule has 0 aromatic heterocycles. The van der Waals surface area contributed by atoms with Gasteiger partial charge in [-0.2, -0.15) is 0 Å². The number of guanidine groups is 1. The number of carbonyl (C=O) groups is 1. The quantitative estimate of drug-likeness (QED) is 0.368. The van der Waals surface area contributed by atoms with E-state index in [1.54, 1.807) is 14.2 Å². The number of likely N-dealkylation sites (tertiary alicyclic amines) is 1. The normalized spacial score (nSPS) is 19.9. The summed E-state index contributed by atoms with van der Waals surface area (Å²) in [5.74, 6) is 2.27. The number of hydrogen-bond acceptors (Lipinski definition) is 4. The number of aliphatic imine (C=N–C) groups is 1. The van der Waals surface area contributed by atoms with Gasteiger partial charge in [-0.15, -0.1) is 0 Å². The summed E-state index contributed by atoms with van der Waals surface area (Å²) in [4.78, 5) is 18.9. The summed E-state index contributed by atoms with van der Waals surface area (Å²) in [5, 5.41) is 6.81. The lowest BCUT2D eigenvalue weighted by Gasteiger charge is -2.21. The number of nitrogens with one attached hydrogen (secondary N) is 2. The van der Waals surface area contributed by atoms with Crippen LogP contribution >= 0.6 is 0 Å². The lowest BCUT2D eigenvalue weighted by atomic mass is 10.1. The number of ether oxygens (including phenoxy) is 2. The molecule has 1 aliphatic carbocycles. The van der Waals surface area contributed by atoms with E-state index in [1.807, 2.05) is 29.2 Å². The molecule has 7 heteroatoms. The molecule has 1 amide bonds. The van der Waals surface area contributed by atoms with E-state index >= 15 is 0 Å². The Morgan fingerprint density at radius 3 is 2.67 bits per heavy atom. The van der Waals surface area contributed by atoms with Gasteiger partial charge in [0.1, 0.15) is 5.75 Å². The first-order valence-electron chi connectivity index (χ1n) is 11.2. The highest BCUT2D eigenvalue weighted by Gasteiger charge is 2.32. The van der Waals surface area contributed by atoms with Gasteiger partial charge in [-0.25, -0.2) is 0 Å². The van der Waals surface area contributed by atoms with Crippen LogP contribution in [0.2, 0.25) is 0 Å². The topological polar surface area (TPSA) is 75.2 Å². The predicted molar refractivity (Wildman–Crippen MR) is 119 cm³/mol. The minimum Gasteiger partial charge on any atom is -0.497 e. The number of methoxy groups -OCH3 is 1. The van der Waals surface area contributed by atoms with E-state index in [0.717, 1.165) is 62.6 Å². The van der Waals surface area contributed by atoms with E-state index < -0.39 is 0 Å². The van der Waals surface area contributed by atoms with Gasteiger partial charge in [0.15, 0.2) is 5.96 Å². The number of amides is 1. The number of benzene rings is 1. The van der Waals surface area contributed by atoms with Crippen LogP contribution in [-0.2, 0) is 16.1 Å². The first-order valence-corrected chi connectivity index (χ1v) is 11.2. The van der Waals surface area contributed by atoms with Crippen molar-refractivity contribution >= 4 is 11.9 Å². The molecule has 1 aliphatic heterocycles. The van der Waals surface area contributed by atoms with E-state index in [0.29, 0.717) is 19.1 Å². The molecule has 1 aromatic rings. The zero-order valence-electron chi connectivity index (χ0n) is 18.4. The minimum atomic E-state index is 0.263. The molecule has 0 radical (unpaired) electrons. The first kappa shape index (κ1) is 22.4. The Morgan fingerprint density at radius 1 is 1.20 bits per heavy atom. The Bertz CT molecular complexity index is 686. The Morgan fingerprint density at radius 2 is 1.97 bits per heavy atom. The zero-order valence-corrected chi connectivity index (χ0v) is 18.4. The highest BCUT2D eigenvalue weighted by atomic mass is 16.5. The van der Waals surface area contributed by atoms with Crippen molar-refractivity contribution < 1.29 is 14.3 Å². The fraction of sp³-hybridized carbons (Fsp3) is 0.652. The molecule has 7 nitrogen and oxygen atoms in total. The fourth-order valence-corrected chi connectivity index (χ4v) is 4.19. The summed E-state index contributed by atoms with van der Waals surface area (Å²) in [5.41, 5.74) is 1.14. The highest BCUT2D eigenvalue weighted by molar-refractivity contribution is 5.81. The molecular formula is C23H36N4O3. The van der Waals surface area contributed by atoms with Gasteiger partial charge < -0.3 is 25.0 Å². The molecular weight excluding hydrogens is 380 g/mol. The molecule has 3 rings (SSSR count). The summed E-state index contributed by atoms with van der Waals surface area (Å²) < 4.78 is 10.9. The maximum absolute atomic E-state index is 12.6. The third-order valence-electron chi connectivity index (χ3n) is 5.95. The molecule has 0 spiro atoms. The van der Waals surface area contributed by atoms with Crippen LogP contribution in [0.25, 0.3) is 0 Å². The van der Waals surface area contributed by atoms with Gasteiger partial charge in [0, 0.05) is 45.2 Å². The third kappa shape index (κ3) is 6.62. The van der Waals surface area contributed by atoms with E-state index in [4.69, 9.17) is 9.47 Å². The van der Waals surface area contributed by atoms with Crippen LogP contribution in [0, 0.1) is 5.92 Å². The molecule has 2 N–H and O–H groups in total. The van der Waals surface area contributed by atoms with Crippen molar-refractivity contribution in [2.24, 2.45) is 10.9 Å². The number of hydrogen-bond donors (Lipinski definition) is 2. The zero-order chi connectivity index (χ0) is 21.2. The van der Waals surface area contributed by atoms with Crippen LogP contribution < -0.4 is 15.4 Å².